The Morgan fingerprint density at radius 3 is 2.26 bits per heavy atom. The minimum absolute atomic E-state index is 0.0573. The average molecular weight is 535 g/mol. The van der Waals surface area contributed by atoms with Crippen molar-refractivity contribution < 1.29 is 18.4 Å². The third kappa shape index (κ3) is 6.26. The molecule has 4 rings (SSSR count). The number of rotatable bonds is 14. The molecule has 2 unspecified atom stereocenters. The van der Waals surface area contributed by atoms with Crippen molar-refractivity contribution in [2.75, 3.05) is 13.2 Å². The van der Waals surface area contributed by atoms with Crippen LogP contribution in [0.1, 0.15) is 86.8 Å². The number of unbranched alkanes of at least 4 members (excludes halogenated alkanes) is 2. The second-order valence-electron chi connectivity index (χ2n) is 9.74. The van der Waals surface area contributed by atoms with E-state index in [-0.39, 0.29) is 11.6 Å². The number of nitrogens with one attached hydrogen (secondary N) is 1. The summed E-state index contributed by atoms with van der Waals surface area (Å²) < 4.78 is 26.1. The SMILES string of the molecule is CCCCOP(=O)(OCCCC)C(CC)c1ccc2c(c1)-c1ccccc1C2C(=O)NCc1ccccn1. The summed E-state index contributed by atoms with van der Waals surface area (Å²) in [7, 11) is -3.39. The Morgan fingerprint density at radius 1 is 0.921 bits per heavy atom. The molecule has 1 N–H and O–H groups in total. The molecule has 3 aromatic rings. The first-order valence-corrected chi connectivity index (χ1v) is 15.4. The number of aromatic nitrogens is 1. The summed E-state index contributed by atoms with van der Waals surface area (Å²) in [4.78, 5) is 17.8. The van der Waals surface area contributed by atoms with Gasteiger partial charge in [0.2, 0.25) is 5.91 Å². The van der Waals surface area contributed by atoms with Gasteiger partial charge in [0, 0.05) is 6.20 Å². The number of fused-ring (bicyclic) bond motifs is 3. The zero-order valence-corrected chi connectivity index (χ0v) is 23.6. The molecule has 202 valence electrons. The highest BCUT2D eigenvalue weighted by molar-refractivity contribution is 7.54. The predicted molar refractivity (Wildman–Crippen MR) is 152 cm³/mol. The molecule has 1 aliphatic carbocycles. The highest BCUT2D eigenvalue weighted by Gasteiger charge is 2.39. The van der Waals surface area contributed by atoms with Crippen LogP contribution in [0.4, 0.5) is 0 Å². The highest BCUT2D eigenvalue weighted by Crippen LogP contribution is 2.63. The van der Waals surface area contributed by atoms with E-state index < -0.39 is 13.5 Å². The van der Waals surface area contributed by atoms with E-state index in [9.17, 15) is 9.36 Å². The van der Waals surface area contributed by atoms with E-state index in [1.165, 1.54) is 0 Å². The maximum absolute atomic E-state index is 14.1. The van der Waals surface area contributed by atoms with E-state index in [1.807, 2.05) is 55.5 Å². The average Bonchev–Trinajstić information content (AvgIpc) is 3.27. The second kappa shape index (κ2) is 13.3. The fourth-order valence-corrected chi connectivity index (χ4v) is 7.20. The topological polar surface area (TPSA) is 77.5 Å². The van der Waals surface area contributed by atoms with Crippen molar-refractivity contribution in [3.63, 3.8) is 0 Å². The van der Waals surface area contributed by atoms with E-state index in [0.717, 1.165) is 59.2 Å². The molecule has 0 fully saturated rings. The number of carbonyl (C=O) groups is 1. The molecule has 6 nitrogen and oxygen atoms in total. The molecule has 0 radical (unpaired) electrons. The number of benzene rings is 2. The van der Waals surface area contributed by atoms with Gasteiger partial charge in [-0.15, -0.1) is 0 Å². The van der Waals surface area contributed by atoms with E-state index >= 15 is 0 Å². The predicted octanol–water partition coefficient (Wildman–Crippen LogP) is 7.79. The van der Waals surface area contributed by atoms with Crippen LogP contribution in [0.25, 0.3) is 11.1 Å². The first-order chi connectivity index (χ1) is 18.5. The van der Waals surface area contributed by atoms with Crippen LogP contribution in [0.15, 0.2) is 66.9 Å². The van der Waals surface area contributed by atoms with Crippen molar-refractivity contribution in [3.05, 3.63) is 89.2 Å². The lowest BCUT2D eigenvalue weighted by atomic mass is 9.95. The molecule has 2 aromatic carbocycles. The van der Waals surface area contributed by atoms with Crippen LogP contribution in [-0.2, 0) is 25.0 Å². The third-order valence-corrected chi connectivity index (χ3v) is 9.59. The molecular weight excluding hydrogens is 495 g/mol. The molecule has 38 heavy (non-hydrogen) atoms. The summed E-state index contributed by atoms with van der Waals surface area (Å²) in [6.07, 6.45) is 5.96. The number of hydrogen-bond donors (Lipinski definition) is 1. The van der Waals surface area contributed by atoms with E-state index in [1.54, 1.807) is 6.20 Å². The van der Waals surface area contributed by atoms with Gasteiger partial charge in [-0.25, -0.2) is 0 Å². The van der Waals surface area contributed by atoms with Gasteiger partial charge in [-0.05, 0) is 65.3 Å². The molecule has 1 heterocycles. The lowest BCUT2D eigenvalue weighted by molar-refractivity contribution is -0.121. The molecule has 1 aromatic heterocycles. The highest BCUT2D eigenvalue weighted by atomic mass is 31.2. The Morgan fingerprint density at radius 2 is 1.61 bits per heavy atom. The van der Waals surface area contributed by atoms with E-state index in [2.05, 4.69) is 36.3 Å². The minimum atomic E-state index is -3.39. The smallest absolute Gasteiger partial charge is 0.338 e. The Kier molecular flexibility index (Phi) is 9.90. The maximum atomic E-state index is 14.1. The van der Waals surface area contributed by atoms with Crippen LogP contribution in [0.3, 0.4) is 0 Å². The molecule has 0 aliphatic heterocycles. The first kappa shape index (κ1) is 28.2. The van der Waals surface area contributed by atoms with Crippen LogP contribution in [0.5, 0.6) is 0 Å². The van der Waals surface area contributed by atoms with Gasteiger partial charge in [0.1, 0.15) is 0 Å². The van der Waals surface area contributed by atoms with Gasteiger partial charge in [0.15, 0.2) is 0 Å². The zero-order valence-electron chi connectivity index (χ0n) is 22.7. The van der Waals surface area contributed by atoms with Crippen molar-refractivity contribution in [2.24, 2.45) is 0 Å². The Hall–Kier alpha value is -2.79. The standard InChI is InChI=1S/C31H39N2O4P/c1-4-7-19-36-38(35,37-20-8-5-2)29(6-3)23-16-17-27-28(21-23)25-14-9-10-15-26(25)30(27)31(34)33-22-24-13-11-12-18-32-24/h9-18,21,29-30H,4-8,19-20,22H2,1-3H3,(H,33,34). The summed E-state index contributed by atoms with van der Waals surface area (Å²) in [5, 5.41) is 3.07. The van der Waals surface area contributed by atoms with E-state index in [4.69, 9.17) is 9.05 Å². The van der Waals surface area contributed by atoms with Gasteiger partial charge >= 0.3 is 7.60 Å². The Balaban J connectivity index is 1.65. The Labute approximate surface area is 226 Å². The summed E-state index contributed by atoms with van der Waals surface area (Å²) in [6, 6.07) is 19.8. The van der Waals surface area contributed by atoms with Crippen molar-refractivity contribution in [1.82, 2.24) is 10.3 Å². The second-order valence-corrected chi connectivity index (χ2v) is 12.0. The number of pyridine rings is 1. The molecular formula is C31H39N2O4P. The Bertz CT molecular complexity index is 1250. The third-order valence-electron chi connectivity index (χ3n) is 7.07. The maximum Gasteiger partial charge on any atom is 0.338 e. The van der Waals surface area contributed by atoms with Gasteiger partial charge in [-0.3, -0.25) is 14.3 Å². The van der Waals surface area contributed by atoms with Crippen molar-refractivity contribution in [3.8, 4) is 11.1 Å². The number of hydrogen-bond acceptors (Lipinski definition) is 5. The largest absolute Gasteiger partial charge is 0.350 e. The quantitative estimate of drug-likeness (QED) is 0.169. The molecule has 0 spiro atoms. The molecule has 0 saturated carbocycles. The molecule has 1 amide bonds. The number of carbonyl (C=O) groups excluding carboxylic acids is 1. The molecule has 7 heteroatoms. The lowest BCUT2D eigenvalue weighted by Gasteiger charge is -2.27. The van der Waals surface area contributed by atoms with E-state index in [0.29, 0.717) is 26.2 Å². The van der Waals surface area contributed by atoms with Gasteiger partial charge in [0.05, 0.1) is 37.0 Å². The zero-order chi connectivity index (χ0) is 27.0. The number of nitrogens with zero attached hydrogens (tertiary/aromatic N) is 1. The fourth-order valence-electron chi connectivity index (χ4n) is 5.02. The minimum Gasteiger partial charge on any atom is -0.350 e. The summed E-state index contributed by atoms with van der Waals surface area (Å²) >= 11 is 0. The lowest BCUT2D eigenvalue weighted by Crippen LogP contribution is -2.29. The van der Waals surface area contributed by atoms with Gasteiger partial charge in [-0.2, -0.15) is 0 Å². The fraction of sp³-hybridized carbons (Fsp3) is 0.419. The normalized spacial score (nSPS) is 15.1. The van der Waals surface area contributed by atoms with Crippen molar-refractivity contribution in [2.45, 2.75) is 71.0 Å². The van der Waals surface area contributed by atoms with Crippen molar-refractivity contribution >= 4 is 13.5 Å². The molecule has 0 bridgehead atoms. The van der Waals surface area contributed by atoms with Crippen molar-refractivity contribution in [1.29, 1.82) is 0 Å². The van der Waals surface area contributed by atoms with Crippen LogP contribution in [-0.4, -0.2) is 24.1 Å². The van der Waals surface area contributed by atoms with Gasteiger partial charge in [-0.1, -0.05) is 76.1 Å². The monoisotopic (exact) mass is 534 g/mol. The van der Waals surface area contributed by atoms with Crippen LogP contribution in [0, 0.1) is 0 Å². The number of amides is 1. The summed E-state index contributed by atoms with van der Waals surface area (Å²) in [6.45, 7) is 7.41. The summed E-state index contributed by atoms with van der Waals surface area (Å²) in [5.41, 5.74) is 5.34. The van der Waals surface area contributed by atoms with Crippen LogP contribution >= 0.6 is 7.60 Å². The van der Waals surface area contributed by atoms with Crippen LogP contribution in [0.2, 0.25) is 0 Å². The van der Waals surface area contributed by atoms with Gasteiger partial charge < -0.3 is 14.4 Å². The van der Waals surface area contributed by atoms with Crippen LogP contribution < -0.4 is 5.32 Å². The van der Waals surface area contributed by atoms with Gasteiger partial charge in [0.25, 0.3) is 0 Å². The first-order valence-electron chi connectivity index (χ1n) is 13.8. The molecule has 1 aliphatic rings. The molecule has 2 atom stereocenters. The molecule has 0 saturated heterocycles. The summed E-state index contributed by atoms with van der Waals surface area (Å²) in [5.74, 6) is -0.467.